The molecule has 10 aromatic carbocycles. The number of nitrogens with zero attached hydrogens (tertiary/aromatic N) is 2. The van der Waals surface area contributed by atoms with Gasteiger partial charge in [-0.1, -0.05) is 225 Å². The Labute approximate surface area is 432 Å². The van der Waals surface area contributed by atoms with Gasteiger partial charge in [0.15, 0.2) is 0 Å². The molecule has 352 valence electrons. The molecule has 3 heteroatoms. The second kappa shape index (κ2) is 17.8. The summed E-state index contributed by atoms with van der Waals surface area (Å²) in [6, 6.07) is 86.4. The maximum Gasteiger partial charge on any atom is 0.137 e. The summed E-state index contributed by atoms with van der Waals surface area (Å²) in [6.07, 6.45) is 14.7. The molecule has 3 atom stereocenters. The highest BCUT2D eigenvalue weighted by molar-refractivity contribution is 6.10. The first-order chi connectivity index (χ1) is 36.6. The lowest BCUT2D eigenvalue weighted by Crippen LogP contribution is -2.36. The average molecular weight is 949 g/mol. The van der Waals surface area contributed by atoms with Crippen molar-refractivity contribution in [2.45, 2.75) is 30.9 Å². The Kier molecular flexibility index (Phi) is 10.5. The molecule has 0 N–H and O–H groups in total. The molecular formula is C71H52N2O. The van der Waals surface area contributed by atoms with Crippen LogP contribution in [0.4, 0.5) is 11.4 Å². The van der Waals surface area contributed by atoms with E-state index in [2.05, 4.69) is 289 Å². The van der Waals surface area contributed by atoms with Crippen LogP contribution in [0.3, 0.4) is 0 Å². The highest BCUT2D eigenvalue weighted by Gasteiger charge is 2.47. The summed E-state index contributed by atoms with van der Waals surface area (Å²) in [4.78, 5) is 2.52. The van der Waals surface area contributed by atoms with Crippen LogP contribution in [0.15, 0.2) is 273 Å². The van der Waals surface area contributed by atoms with E-state index in [1.54, 1.807) is 0 Å². The van der Waals surface area contributed by atoms with Gasteiger partial charge in [0.1, 0.15) is 11.9 Å². The van der Waals surface area contributed by atoms with Crippen molar-refractivity contribution >= 4 is 55.1 Å². The van der Waals surface area contributed by atoms with Gasteiger partial charge in [0.05, 0.1) is 28.2 Å². The molecule has 0 amide bonds. The fourth-order valence-electron chi connectivity index (χ4n) is 12.2. The fourth-order valence-corrected chi connectivity index (χ4v) is 12.2. The Morgan fingerprint density at radius 2 is 1.09 bits per heavy atom. The first kappa shape index (κ1) is 43.6. The van der Waals surface area contributed by atoms with Gasteiger partial charge < -0.3 is 14.2 Å². The van der Waals surface area contributed by atoms with Gasteiger partial charge in [-0.15, -0.1) is 0 Å². The van der Waals surface area contributed by atoms with Gasteiger partial charge >= 0.3 is 0 Å². The summed E-state index contributed by atoms with van der Waals surface area (Å²) in [5, 5.41) is 5.03. The Hall–Kier alpha value is -9.18. The first-order valence-electron chi connectivity index (χ1n) is 25.9. The molecule has 74 heavy (non-hydrogen) atoms. The monoisotopic (exact) mass is 948 g/mol. The minimum Gasteiger partial charge on any atom is -0.484 e. The van der Waals surface area contributed by atoms with E-state index in [-0.39, 0.29) is 17.6 Å². The Balaban J connectivity index is 0.855. The Morgan fingerprint density at radius 3 is 1.82 bits per heavy atom. The van der Waals surface area contributed by atoms with Crippen LogP contribution < -0.4 is 9.64 Å². The van der Waals surface area contributed by atoms with E-state index in [1.165, 1.54) is 88.2 Å². The number of fused-ring (bicyclic) bond motifs is 7. The van der Waals surface area contributed by atoms with Crippen molar-refractivity contribution < 1.29 is 4.74 Å². The second-order valence-corrected chi connectivity index (χ2v) is 20.1. The van der Waals surface area contributed by atoms with Gasteiger partial charge in [0.2, 0.25) is 0 Å². The maximum absolute atomic E-state index is 6.78. The number of anilines is 2. The summed E-state index contributed by atoms with van der Waals surface area (Å²) in [7, 11) is 0. The van der Waals surface area contributed by atoms with Crippen molar-refractivity contribution in [3.63, 3.8) is 0 Å². The fraction of sp³-hybridized carbons (Fsp3) is 0.0704. The molecule has 1 aromatic heterocycles. The number of rotatable bonds is 9. The van der Waals surface area contributed by atoms with Crippen LogP contribution in [-0.4, -0.2) is 16.7 Å². The number of allylic oxidation sites excluding steroid dienone is 4. The number of aromatic nitrogens is 1. The Morgan fingerprint density at radius 1 is 0.500 bits per heavy atom. The zero-order chi connectivity index (χ0) is 49.2. The third kappa shape index (κ3) is 7.26. The zero-order valence-corrected chi connectivity index (χ0v) is 41.1. The first-order valence-corrected chi connectivity index (χ1v) is 25.9. The molecule has 0 bridgehead atoms. The molecule has 1 aliphatic heterocycles. The number of benzene rings is 10. The van der Waals surface area contributed by atoms with Crippen LogP contribution in [0.2, 0.25) is 0 Å². The molecule has 3 unspecified atom stereocenters. The van der Waals surface area contributed by atoms with Gasteiger partial charge in [-0.2, -0.15) is 0 Å². The largest absolute Gasteiger partial charge is 0.484 e. The second-order valence-electron chi connectivity index (χ2n) is 20.1. The number of para-hydroxylation sites is 3. The van der Waals surface area contributed by atoms with Crippen LogP contribution in [0, 0.1) is 0 Å². The van der Waals surface area contributed by atoms with Crippen LogP contribution >= 0.6 is 0 Å². The molecular weight excluding hydrogens is 897 g/mol. The highest BCUT2D eigenvalue weighted by atomic mass is 16.5. The number of ether oxygens (including phenoxy) is 1. The smallest absolute Gasteiger partial charge is 0.137 e. The quantitative estimate of drug-likeness (QED) is 0.143. The molecule has 0 fully saturated rings. The molecule has 2 aliphatic carbocycles. The van der Waals surface area contributed by atoms with Crippen molar-refractivity contribution in [1.29, 1.82) is 0 Å². The van der Waals surface area contributed by atoms with Crippen molar-refractivity contribution in [2.24, 2.45) is 0 Å². The standard InChI is InChI=1S/C71H52N2O/c1-71-46-16-27-64(70(71)74-69-31-14-11-28-65(69)71)61-23-8-7-22-59(61)51-34-41-55(42-35-51)72(54-39-32-50(33-40-54)58-26-15-20-49-19-5-6-21-57(49)58)56-43-36-52(37-44-56)60-45-38-53(48-17-3-2-4-18-48)47-68(60)73-66-29-12-9-24-62(66)63-25-10-13-30-67(63)73/h2-39,41-47,54,70H,40H2,1H3. The van der Waals surface area contributed by atoms with Crippen molar-refractivity contribution in [3.05, 3.63) is 290 Å². The van der Waals surface area contributed by atoms with E-state index < -0.39 is 0 Å². The van der Waals surface area contributed by atoms with E-state index in [9.17, 15) is 0 Å². The predicted molar refractivity (Wildman–Crippen MR) is 310 cm³/mol. The van der Waals surface area contributed by atoms with E-state index in [0.717, 1.165) is 34.8 Å². The summed E-state index contributed by atoms with van der Waals surface area (Å²) in [6.45, 7) is 2.30. The van der Waals surface area contributed by atoms with E-state index in [1.807, 2.05) is 0 Å². The van der Waals surface area contributed by atoms with E-state index in [0.29, 0.717) is 0 Å². The van der Waals surface area contributed by atoms with Gasteiger partial charge in [-0.25, -0.2) is 0 Å². The highest BCUT2D eigenvalue weighted by Crippen LogP contribution is 2.51. The molecule has 11 aromatic rings. The molecule has 0 spiro atoms. The van der Waals surface area contributed by atoms with Crippen LogP contribution in [-0.2, 0) is 5.41 Å². The Bertz CT molecular complexity index is 4040. The minimum atomic E-state index is -0.249. The summed E-state index contributed by atoms with van der Waals surface area (Å²) < 4.78 is 9.23. The third-order valence-electron chi connectivity index (χ3n) is 15.8. The zero-order valence-electron chi connectivity index (χ0n) is 41.1. The van der Waals surface area contributed by atoms with Crippen molar-refractivity contribution in [1.82, 2.24) is 4.57 Å². The molecule has 2 heterocycles. The van der Waals surface area contributed by atoms with Gasteiger partial charge in [0, 0.05) is 38.8 Å². The molecule has 3 aliphatic rings. The number of hydrogen-bond donors (Lipinski definition) is 0. The topological polar surface area (TPSA) is 17.4 Å². The molecule has 3 nitrogen and oxygen atoms in total. The van der Waals surface area contributed by atoms with Gasteiger partial charge in [-0.05, 0) is 117 Å². The van der Waals surface area contributed by atoms with Crippen LogP contribution in [0.1, 0.15) is 30.0 Å². The van der Waals surface area contributed by atoms with Gasteiger partial charge in [0.25, 0.3) is 0 Å². The normalized spacial score (nSPS) is 17.7. The molecule has 0 saturated heterocycles. The van der Waals surface area contributed by atoms with Crippen LogP contribution in [0.5, 0.6) is 5.75 Å². The predicted octanol–water partition coefficient (Wildman–Crippen LogP) is 18.2. The van der Waals surface area contributed by atoms with Crippen LogP contribution in [0.25, 0.3) is 82.8 Å². The summed E-state index contributed by atoms with van der Waals surface area (Å²) in [5.74, 6) is 0.966. The lowest BCUT2D eigenvalue weighted by atomic mass is 9.72. The van der Waals surface area contributed by atoms with E-state index >= 15 is 0 Å². The SMILES string of the molecule is CC12C=CC=C(c3ccccc3-c3ccc(N(c4ccc(-c5ccc(-c6ccccc6)cc5-n5c6ccccc6c6ccccc65)cc4)C4C=CC(c5cccc6ccccc56)=CC4)cc3)C1Oc1ccccc12. The van der Waals surface area contributed by atoms with Crippen molar-refractivity contribution in [2.75, 3.05) is 4.90 Å². The summed E-state index contributed by atoms with van der Waals surface area (Å²) >= 11 is 0. The number of hydrogen-bond acceptors (Lipinski definition) is 2. The van der Waals surface area contributed by atoms with E-state index in [4.69, 9.17) is 4.74 Å². The maximum atomic E-state index is 6.78. The molecule has 14 rings (SSSR count). The molecule has 0 radical (unpaired) electrons. The van der Waals surface area contributed by atoms with Gasteiger partial charge in [-0.3, -0.25) is 0 Å². The van der Waals surface area contributed by atoms with Crippen molar-refractivity contribution in [3.8, 4) is 44.8 Å². The third-order valence-corrected chi connectivity index (χ3v) is 15.8. The summed E-state index contributed by atoms with van der Waals surface area (Å²) in [5.41, 5.74) is 18.8. The molecule has 0 saturated carbocycles. The lowest BCUT2D eigenvalue weighted by Gasteiger charge is -2.34. The minimum absolute atomic E-state index is 0.0778. The lowest BCUT2D eigenvalue weighted by molar-refractivity contribution is 0.238. The average Bonchev–Trinajstić information content (AvgIpc) is 3.99.